The average Bonchev–Trinajstić information content (AvgIpc) is 3.02. The lowest BCUT2D eigenvalue weighted by molar-refractivity contribution is 0.276. The summed E-state index contributed by atoms with van der Waals surface area (Å²) in [6, 6.07) is 15.9. The molecule has 0 aliphatic rings. The Bertz CT molecular complexity index is 1090. The van der Waals surface area contributed by atoms with Gasteiger partial charge in [0, 0.05) is 17.5 Å². The van der Waals surface area contributed by atoms with Gasteiger partial charge >= 0.3 is 0 Å². The Morgan fingerprint density at radius 3 is 2.48 bits per heavy atom. The Kier molecular flexibility index (Phi) is 4.77. The minimum Gasteiger partial charge on any atom is -0.477 e. The Hall–Kier alpha value is -2.92. The summed E-state index contributed by atoms with van der Waals surface area (Å²) in [7, 11) is 4.12. The van der Waals surface area contributed by atoms with E-state index in [0.717, 1.165) is 40.4 Å². The number of aryl methyl sites for hydroxylation is 1. The summed E-state index contributed by atoms with van der Waals surface area (Å²) in [5, 5.41) is 2.00. The van der Waals surface area contributed by atoms with Crippen LogP contribution in [0.25, 0.3) is 33.5 Å². The van der Waals surface area contributed by atoms with Gasteiger partial charge in [-0.3, -0.25) is 0 Å². The topological polar surface area (TPSA) is 51.4 Å². The van der Waals surface area contributed by atoms with Crippen molar-refractivity contribution in [3.63, 3.8) is 0 Å². The first-order valence-electron chi connectivity index (χ1n) is 9.16. The zero-order chi connectivity index (χ0) is 18.8. The molecule has 0 N–H and O–H groups in total. The summed E-state index contributed by atoms with van der Waals surface area (Å²) < 4.78 is 12.1. The van der Waals surface area contributed by atoms with Crippen molar-refractivity contribution >= 4 is 21.9 Å². The van der Waals surface area contributed by atoms with Gasteiger partial charge in [-0.25, -0.2) is 4.98 Å². The Balaban J connectivity index is 1.75. The molecule has 0 aliphatic heterocycles. The summed E-state index contributed by atoms with van der Waals surface area (Å²) in [5.74, 6) is 1.86. The predicted octanol–water partition coefficient (Wildman–Crippen LogP) is 4.68. The Morgan fingerprint density at radius 1 is 0.963 bits per heavy atom. The van der Waals surface area contributed by atoms with Gasteiger partial charge in [-0.15, -0.1) is 0 Å². The molecule has 0 aliphatic carbocycles. The number of hydrogen-bond donors (Lipinski definition) is 0. The fraction of sp³-hybridized carbons (Fsp3) is 0.273. The maximum atomic E-state index is 6.06. The molecule has 4 rings (SSSR count). The highest BCUT2D eigenvalue weighted by Gasteiger charge is 2.17. The van der Waals surface area contributed by atoms with Crippen molar-refractivity contribution in [2.24, 2.45) is 0 Å². The van der Waals surface area contributed by atoms with Crippen molar-refractivity contribution in [3.05, 3.63) is 54.1 Å². The van der Waals surface area contributed by atoms with Crippen molar-refractivity contribution in [2.75, 3.05) is 27.2 Å². The van der Waals surface area contributed by atoms with E-state index in [0.29, 0.717) is 24.1 Å². The molecule has 0 saturated carbocycles. The number of hydrogen-bond acceptors (Lipinski definition) is 5. The number of rotatable bonds is 6. The number of fused-ring (bicyclic) bond motifs is 2. The largest absolute Gasteiger partial charge is 0.477 e. The van der Waals surface area contributed by atoms with Crippen LogP contribution in [0, 0.1) is 6.92 Å². The highest BCUT2D eigenvalue weighted by atomic mass is 16.5. The van der Waals surface area contributed by atoms with Crippen molar-refractivity contribution in [1.29, 1.82) is 0 Å². The van der Waals surface area contributed by atoms with Gasteiger partial charge in [0.1, 0.15) is 5.58 Å². The van der Waals surface area contributed by atoms with E-state index < -0.39 is 0 Å². The van der Waals surface area contributed by atoms with E-state index in [1.807, 2.05) is 49.4 Å². The highest BCUT2D eigenvalue weighted by Crippen LogP contribution is 2.33. The summed E-state index contributed by atoms with van der Waals surface area (Å²) >= 11 is 0. The summed E-state index contributed by atoms with van der Waals surface area (Å²) in [6.45, 7) is 3.62. The van der Waals surface area contributed by atoms with Gasteiger partial charge in [-0.05, 0) is 45.6 Å². The second-order valence-electron chi connectivity index (χ2n) is 6.93. The van der Waals surface area contributed by atoms with E-state index >= 15 is 0 Å². The molecule has 4 aromatic rings. The molecular formula is C22H23N3O2. The van der Waals surface area contributed by atoms with Crippen molar-refractivity contribution in [3.8, 4) is 17.5 Å². The number of ether oxygens (including phenoxy) is 1. The molecule has 0 bridgehead atoms. The zero-order valence-electron chi connectivity index (χ0n) is 15.9. The molecule has 5 nitrogen and oxygen atoms in total. The van der Waals surface area contributed by atoms with Gasteiger partial charge in [0.05, 0.1) is 17.5 Å². The molecule has 0 fully saturated rings. The quantitative estimate of drug-likeness (QED) is 0.467. The number of para-hydroxylation sites is 2. The van der Waals surface area contributed by atoms with Crippen LogP contribution in [0.2, 0.25) is 0 Å². The molecule has 0 spiro atoms. The number of nitrogens with zero attached hydrogens (tertiary/aromatic N) is 3. The number of furan rings is 1. The third-order valence-electron chi connectivity index (χ3n) is 4.60. The Labute approximate surface area is 158 Å². The first kappa shape index (κ1) is 17.5. The fourth-order valence-electron chi connectivity index (χ4n) is 3.20. The smallest absolute Gasteiger partial charge is 0.225 e. The van der Waals surface area contributed by atoms with E-state index in [1.165, 1.54) is 0 Å². The zero-order valence-corrected chi connectivity index (χ0v) is 15.9. The van der Waals surface area contributed by atoms with Crippen molar-refractivity contribution < 1.29 is 9.15 Å². The lowest BCUT2D eigenvalue weighted by atomic mass is 10.1. The molecule has 2 aromatic carbocycles. The molecule has 0 radical (unpaired) electrons. The van der Waals surface area contributed by atoms with Gasteiger partial charge in [-0.2, -0.15) is 4.98 Å². The van der Waals surface area contributed by atoms with Crippen LogP contribution >= 0.6 is 0 Å². The van der Waals surface area contributed by atoms with Gasteiger partial charge in [0.2, 0.25) is 5.88 Å². The van der Waals surface area contributed by atoms with Gasteiger partial charge in [-0.1, -0.05) is 30.3 Å². The first-order chi connectivity index (χ1) is 13.1. The van der Waals surface area contributed by atoms with E-state index in [2.05, 4.69) is 25.1 Å². The normalized spacial score (nSPS) is 11.6. The molecule has 5 heteroatoms. The Morgan fingerprint density at radius 2 is 1.70 bits per heavy atom. The standard InChI is InChI=1S/C22H23N3O2/c1-15-16-9-5-7-12-19(16)27-20(15)21-23-18-11-6-4-10-17(18)22(24-21)26-14-8-13-25(2)3/h4-7,9-12H,8,13-14H2,1-3H3. The molecule has 2 aromatic heterocycles. The molecule has 2 heterocycles. The minimum absolute atomic E-state index is 0.560. The molecular weight excluding hydrogens is 338 g/mol. The van der Waals surface area contributed by atoms with Gasteiger partial charge < -0.3 is 14.1 Å². The van der Waals surface area contributed by atoms with Crippen LogP contribution in [0.1, 0.15) is 12.0 Å². The SMILES string of the molecule is Cc1c(-c2nc(OCCCN(C)C)c3ccccc3n2)oc2ccccc12. The molecule has 0 atom stereocenters. The number of benzene rings is 2. The lowest BCUT2D eigenvalue weighted by Gasteiger charge is -2.12. The van der Waals surface area contributed by atoms with Crippen LogP contribution in [-0.4, -0.2) is 42.1 Å². The van der Waals surface area contributed by atoms with E-state index in [9.17, 15) is 0 Å². The van der Waals surface area contributed by atoms with Crippen LogP contribution < -0.4 is 4.74 Å². The van der Waals surface area contributed by atoms with Gasteiger partial charge in [0.15, 0.2) is 11.6 Å². The van der Waals surface area contributed by atoms with Crippen LogP contribution in [0.4, 0.5) is 0 Å². The maximum Gasteiger partial charge on any atom is 0.225 e. The second kappa shape index (κ2) is 7.37. The highest BCUT2D eigenvalue weighted by molar-refractivity contribution is 5.89. The van der Waals surface area contributed by atoms with E-state index in [-0.39, 0.29) is 0 Å². The molecule has 138 valence electrons. The average molecular weight is 361 g/mol. The number of aromatic nitrogens is 2. The monoisotopic (exact) mass is 361 g/mol. The minimum atomic E-state index is 0.560. The molecule has 0 unspecified atom stereocenters. The molecule has 27 heavy (non-hydrogen) atoms. The van der Waals surface area contributed by atoms with Crippen LogP contribution in [-0.2, 0) is 0 Å². The van der Waals surface area contributed by atoms with Gasteiger partial charge in [0.25, 0.3) is 0 Å². The summed E-state index contributed by atoms with van der Waals surface area (Å²) in [6.07, 6.45) is 0.935. The van der Waals surface area contributed by atoms with Crippen molar-refractivity contribution in [1.82, 2.24) is 14.9 Å². The lowest BCUT2D eigenvalue weighted by Crippen LogP contribution is -2.15. The summed E-state index contributed by atoms with van der Waals surface area (Å²) in [4.78, 5) is 11.6. The van der Waals surface area contributed by atoms with E-state index in [1.54, 1.807) is 0 Å². The van der Waals surface area contributed by atoms with Crippen LogP contribution in [0.5, 0.6) is 5.88 Å². The van der Waals surface area contributed by atoms with E-state index in [4.69, 9.17) is 19.1 Å². The molecule has 0 amide bonds. The fourth-order valence-corrected chi connectivity index (χ4v) is 3.20. The third-order valence-corrected chi connectivity index (χ3v) is 4.60. The molecule has 0 saturated heterocycles. The summed E-state index contributed by atoms with van der Waals surface area (Å²) in [5.41, 5.74) is 2.74. The third kappa shape index (κ3) is 3.51. The van der Waals surface area contributed by atoms with Crippen molar-refractivity contribution in [2.45, 2.75) is 13.3 Å². The van der Waals surface area contributed by atoms with Crippen LogP contribution in [0.3, 0.4) is 0 Å². The maximum absolute atomic E-state index is 6.06. The second-order valence-corrected chi connectivity index (χ2v) is 6.93. The predicted molar refractivity (Wildman–Crippen MR) is 108 cm³/mol. The first-order valence-corrected chi connectivity index (χ1v) is 9.16. The van der Waals surface area contributed by atoms with Crippen LogP contribution in [0.15, 0.2) is 52.9 Å².